The lowest BCUT2D eigenvalue weighted by molar-refractivity contribution is 0.415. The Hall–Kier alpha value is -2.66. The molecule has 0 unspecified atom stereocenters. The summed E-state index contributed by atoms with van der Waals surface area (Å²) in [5.41, 5.74) is 6.06. The first-order chi connectivity index (χ1) is 15.1. The molecule has 0 spiro atoms. The van der Waals surface area contributed by atoms with Crippen molar-refractivity contribution in [2.75, 3.05) is 12.4 Å². The number of benzene rings is 1. The summed E-state index contributed by atoms with van der Waals surface area (Å²) in [5, 5.41) is 4.33. The van der Waals surface area contributed by atoms with Gasteiger partial charge in [-0.25, -0.2) is 9.97 Å². The number of rotatable bonds is 7. The quantitative estimate of drug-likeness (QED) is 0.487. The lowest BCUT2D eigenvalue weighted by Crippen LogP contribution is -2.20. The summed E-state index contributed by atoms with van der Waals surface area (Å²) in [6.45, 7) is 6.45. The van der Waals surface area contributed by atoms with Crippen LogP contribution in [0.4, 0.5) is 5.82 Å². The van der Waals surface area contributed by atoms with Gasteiger partial charge in [-0.05, 0) is 55.0 Å². The van der Waals surface area contributed by atoms with Crippen LogP contribution in [0.25, 0.3) is 11.3 Å². The van der Waals surface area contributed by atoms with Crippen molar-refractivity contribution in [1.29, 1.82) is 0 Å². The first-order valence-corrected chi connectivity index (χ1v) is 11.4. The van der Waals surface area contributed by atoms with E-state index in [1.807, 2.05) is 30.5 Å². The molecular weight excluding hydrogens is 408 g/mol. The number of pyridine rings is 1. The third-order valence-corrected chi connectivity index (χ3v) is 6.44. The van der Waals surface area contributed by atoms with Crippen LogP contribution >= 0.6 is 11.6 Å². The number of aryl methyl sites for hydroxylation is 2. The van der Waals surface area contributed by atoms with Crippen molar-refractivity contribution in [2.45, 2.75) is 52.5 Å². The molecule has 162 valence electrons. The van der Waals surface area contributed by atoms with Crippen molar-refractivity contribution in [3.63, 3.8) is 0 Å². The van der Waals surface area contributed by atoms with Gasteiger partial charge in [0.25, 0.3) is 0 Å². The fourth-order valence-electron chi connectivity index (χ4n) is 4.38. The zero-order valence-electron chi connectivity index (χ0n) is 18.6. The highest BCUT2D eigenvalue weighted by Gasteiger charge is 2.33. The van der Waals surface area contributed by atoms with Crippen LogP contribution in [-0.2, 0) is 19.3 Å². The predicted octanol–water partition coefficient (Wildman–Crippen LogP) is 6.06. The summed E-state index contributed by atoms with van der Waals surface area (Å²) >= 11 is 6.57. The van der Waals surface area contributed by atoms with Crippen LogP contribution < -0.4 is 10.1 Å². The van der Waals surface area contributed by atoms with Crippen LogP contribution in [0.5, 0.6) is 5.75 Å². The molecule has 1 aliphatic carbocycles. The summed E-state index contributed by atoms with van der Waals surface area (Å²) in [7, 11) is 1.64. The molecule has 6 heteroatoms. The van der Waals surface area contributed by atoms with E-state index >= 15 is 0 Å². The highest BCUT2D eigenvalue weighted by molar-refractivity contribution is 6.33. The number of halogens is 1. The van der Waals surface area contributed by atoms with Gasteiger partial charge in [0.15, 0.2) is 0 Å². The molecular formula is C25H29ClN4O. The maximum atomic E-state index is 6.57. The molecule has 3 aromatic rings. The highest BCUT2D eigenvalue weighted by atomic mass is 35.5. The number of nitrogens with one attached hydrogen (secondary N) is 1. The molecule has 5 nitrogen and oxygen atoms in total. The molecule has 1 aliphatic rings. The lowest BCUT2D eigenvalue weighted by atomic mass is 9.99. The molecule has 2 heterocycles. The van der Waals surface area contributed by atoms with E-state index in [1.54, 1.807) is 7.11 Å². The molecule has 0 amide bonds. The van der Waals surface area contributed by atoms with E-state index < -0.39 is 0 Å². The molecule has 2 atom stereocenters. The Kier molecular flexibility index (Phi) is 6.42. The molecule has 1 N–H and O–H groups in total. The van der Waals surface area contributed by atoms with Gasteiger partial charge in [-0.3, -0.25) is 4.98 Å². The Labute approximate surface area is 189 Å². The van der Waals surface area contributed by atoms with E-state index in [2.05, 4.69) is 37.1 Å². The van der Waals surface area contributed by atoms with Gasteiger partial charge in [-0.15, -0.1) is 0 Å². The fraction of sp³-hybridized carbons (Fsp3) is 0.400. The van der Waals surface area contributed by atoms with Crippen LogP contribution in [-0.4, -0.2) is 22.1 Å². The molecule has 2 aromatic heterocycles. The number of ether oxygens (including phenoxy) is 1. The molecule has 0 radical (unpaired) electrons. The topological polar surface area (TPSA) is 59.9 Å². The fourth-order valence-corrected chi connectivity index (χ4v) is 4.64. The van der Waals surface area contributed by atoms with Crippen molar-refractivity contribution in [2.24, 2.45) is 5.92 Å². The SMILES string of the molecule is CCc1nc(-c2ccc(OC)cc2Cl)c(CC)nc1N[C@@H]1c2ncccc2C[C@@H]1CC. The van der Waals surface area contributed by atoms with Crippen molar-refractivity contribution in [1.82, 2.24) is 15.0 Å². The van der Waals surface area contributed by atoms with E-state index in [9.17, 15) is 0 Å². The largest absolute Gasteiger partial charge is 0.497 e. The van der Waals surface area contributed by atoms with E-state index in [0.717, 1.165) is 65.6 Å². The van der Waals surface area contributed by atoms with E-state index in [4.69, 9.17) is 26.3 Å². The number of methoxy groups -OCH3 is 1. The Balaban J connectivity index is 1.75. The molecule has 0 fully saturated rings. The number of fused-ring (bicyclic) bond motifs is 1. The summed E-state index contributed by atoms with van der Waals surface area (Å²) in [6.07, 6.45) is 5.55. The third-order valence-electron chi connectivity index (χ3n) is 6.13. The Morgan fingerprint density at radius 3 is 2.58 bits per heavy atom. The van der Waals surface area contributed by atoms with Crippen molar-refractivity contribution in [3.05, 3.63) is 64.2 Å². The first kappa shape index (κ1) is 21.6. The number of anilines is 1. The summed E-state index contributed by atoms with van der Waals surface area (Å²) in [6, 6.07) is 10.1. The van der Waals surface area contributed by atoms with E-state index in [-0.39, 0.29) is 6.04 Å². The van der Waals surface area contributed by atoms with Crippen LogP contribution in [0.15, 0.2) is 36.5 Å². The minimum atomic E-state index is 0.154. The number of hydrogen-bond donors (Lipinski definition) is 1. The summed E-state index contributed by atoms with van der Waals surface area (Å²) in [5.74, 6) is 2.08. The zero-order chi connectivity index (χ0) is 22.0. The monoisotopic (exact) mass is 436 g/mol. The average Bonchev–Trinajstić information content (AvgIpc) is 3.16. The second-order valence-corrected chi connectivity index (χ2v) is 8.32. The lowest BCUT2D eigenvalue weighted by Gasteiger charge is -2.23. The smallest absolute Gasteiger partial charge is 0.148 e. The van der Waals surface area contributed by atoms with Crippen LogP contribution in [0, 0.1) is 5.92 Å². The van der Waals surface area contributed by atoms with Gasteiger partial charge in [-0.2, -0.15) is 0 Å². The van der Waals surface area contributed by atoms with Gasteiger partial charge in [-0.1, -0.05) is 44.9 Å². The molecule has 31 heavy (non-hydrogen) atoms. The molecule has 0 saturated carbocycles. The van der Waals surface area contributed by atoms with Gasteiger partial charge in [0.2, 0.25) is 0 Å². The Bertz CT molecular complexity index is 1090. The second kappa shape index (κ2) is 9.23. The number of hydrogen-bond acceptors (Lipinski definition) is 5. The Morgan fingerprint density at radius 2 is 1.90 bits per heavy atom. The maximum Gasteiger partial charge on any atom is 0.148 e. The van der Waals surface area contributed by atoms with Gasteiger partial charge < -0.3 is 10.1 Å². The minimum absolute atomic E-state index is 0.154. The number of nitrogens with zero attached hydrogens (tertiary/aromatic N) is 3. The summed E-state index contributed by atoms with van der Waals surface area (Å²) < 4.78 is 5.29. The van der Waals surface area contributed by atoms with E-state index in [1.165, 1.54) is 5.56 Å². The van der Waals surface area contributed by atoms with Gasteiger partial charge in [0.1, 0.15) is 11.6 Å². The van der Waals surface area contributed by atoms with Gasteiger partial charge in [0.05, 0.1) is 40.9 Å². The first-order valence-electron chi connectivity index (χ1n) is 11.0. The van der Waals surface area contributed by atoms with Crippen molar-refractivity contribution < 1.29 is 4.74 Å². The summed E-state index contributed by atoms with van der Waals surface area (Å²) in [4.78, 5) is 14.7. The van der Waals surface area contributed by atoms with Gasteiger partial charge in [0, 0.05) is 11.8 Å². The van der Waals surface area contributed by atoms with Gasteiger partial charge >= 0.3 is 0 Å². The standard InChI is InChI=1S/C25H29ClN4O/c1-5-15-13-16-9-8-12-27-22(16)23(15)30-25-21(7-3)28-24(20(6-2)29-25)18-11-10-17(31-4)14-19(18)26/h8-12,14-15,23H,5-7,13H2,1-4H3,(H,29,30)/t15-,23-/m0/s1. The number of aromatic nitrogens is 3. The second-order valence-electron chi connectivity index (χ2n) is 7.91. The van der Waals surface area contributed by atoms with Crippen LogP contribution in [0.2, 0.25) is 5.02 Å². The molecule has 4 rings (SSSR count). The normalized spacial score (nSPS) is 17.5. The van der Waals surface area contributed by atoms with E-state index in [0.29, 0.717) is 10.9 Å². The molecule has 0 aliphatic heterocycles. The van der Waals surface area contributed by atoms with Crippen molar-refractivity contribution in [3.8, 4) is 17.0 Å². The predicted molar refractivity (Wildman–Crippen MR) is 126 cm³/mol. The maximum absolute atomic E-state index is 6.57. The average molecular weight is 437 g/mol. The molecule has 0 saturated heterocycles. The third kappa shape index (κ3) is 4.11. The minimum Gasteiger partial charge on any atom is -0.497 e. The van der Waals surface area contributed by atoms with Crippen LogP contribution in [0.3, 0.4) is 0 Å². The van der Waals surface area contributed by atoms with Crippen LogP contribution in [0.1, 0.15) is 55.9 Å². The zero-order valence-corrected chi connectivity index (χ0v) is 19.3. The molecule has 0 bridgehead atoms. The van der Waals surface area contributed by atoms with Crippen molar-refractivity contribution >= 4 is 17.4 Å². The highest BCUT2D eigenvalue weighted by Crippen LogP contribution is 2.40. The molecule has 1 aromatic carbocycles. The Morgan fingerprint density at radius 1 is 1.10 bits per heavy atom.